The summed E-state index contributed by atoms with van der Waals surface area (Å²) in [5, 5.41) is 4.24. The summed E-state index contributed by atoms with van der Waals surface area (Å²) < 4.78 is 7.14. The maximum absolute atomic E-state index is 5.72. The Morgan fingerprint density at radius 1 is 1.06 bits per heavy atom. The van der Waals surface area contributed by atoms with Crippen LogP contribution >= 0.6 is 0 Å². The molecule has 17 heavy (non-hydrogen) atoms. The van der Waals surface area contributed by atoms with Gasteiger partial charge in [-0.15, -0.1) is 5.10 Å². The van der Waals surface area contributed by atoms with Crippen molar-refractivity contribution in [3.8, 4) is 11.6 Å². The molecule has 1 aromatic carbocycles. The van der Waals surface area contributed by atoms with Crippen molar-refractivity contribution in [2.24, 2.45) is 0 Å². The van der Waals surface area contributed by atoms with Crippen LogP contribution in [0.3, 0.4) is 0 Å². The largest absolute Gasteiger partial charge is 0.438 e. The molecular weight excluding hydrogens is 216 g/mol. The molecule has 0 aliphatic rings. The topological polar surface area (TPSA) is 65.4 Å². The highest BCUT2D eigenvalue weighted by atomic mass is 16.5. The van der Waals surface area contributed by atoms with Crippen LogP contribution in [0, 0.1) is 0 Å². The second kappa shape index (κ2) is 3.79. The molecule has 0 unspecified atom stereocenters. The molecule has 0 atom stereocenters. The lowest BCUT2D eigenvalue weighted by atomic mass is 10.3. The molecular formula is C12H10N4O. The Morgan fingerprint density at radius 2 is 1.88 bits per heavy atom. The minimum absolute atomic E-state index is 0.480. The van der Waals surface area contributed by atoms with Gasteiger partial charge in [-0.2, -0.15) is 4.52 Å². The van der Waals surface area contributed by atoms with E-state index in [2.05, 4.69) is 10.1 Å². The predicted octanol–water partition coefficient (Wildman–Crippen LogP) is 2.10. The predicted molar refractivity (Wildman–Crippen MR) is 63.9 cm³/mol. The minimum Gasteiger partial charge on any atom is -0.438 e. The van der Waals surface area contributed by atoms with E-state index in [1.54, 1.807) is 12.3 Å². The lowest BCUT2D eigenvalue weighted by molar-refractivity contribution is 0.453. The Balaban J connectivity index is 1.98. The second-order valence-electron chi connectivity index (χ2n) is 3.54. The molecule has 2 heterocycles. The number of para-hydroxylation sites is 1. The first-order chi connectivity index (χ1) is 8.33. The summed E-state index contributed by atoms with van der Waals surface area (Å²) in [5.41, 5.74) is 6.42. The number of rotatable bonds is 2. The number of hydrogen-bond donors (Lipinski definition) is 1. The fraction of sp³-hybridized carbons (Fsp3) is 0. The highest BCUT2D eigenvalue weighted by Gasteiger charge is 2.03. The highest BCUT2D eigenvalue weighted by Crippen LogP contribution is 2.19. The first-order valence-electron chi connectivity index (χ1n) is 5.16. The zero-order valence-electron chi connectivity index (χ0n) is 8.95. The van der Waals surface area contributed by atoms with Crippen molar-refractivity contribution in [2.75, 3.05) is 5.73 Å². The van der Waals surface area contributed by atoms with E-state index in [0.29, 0.717) is 17.3 Å². The van der Waals surface area contributed by atoms with Gasteiger partial charge >= 0.3 is 0 Å². The SMILES string of the molecule is Nc1cnc2ccc(Oc3ccccc3)nn12. The maximum atomic E-state index is 5.72. The maximum Gasteiger partial charge on any atom is 0.237 e. The minimum atomic E-state index is 0.480. The fourth-order valence-electron chi connectivity index (χ4n) is 1.54. The van der Waals surface area contributed by atoms with Gasteiger partial charge in [0.05, 0.1) is 6.20 Å². The number of hydrogen-bond acceptors (Lipinski definition) is 4. The average molecular weight is 226 g/mol. The molecule has 0 amide bonds. The molecule has 2 N–H and O–H groups in total. The summed E-state index contributed by atoms with van der Waals surface area (Å²) in [4.78, 5) is 4.09. The summed E-state index contributed by atoms with van der Waals surface area (Å²) in [7, 11) is 0. The monoisotopic (exact) mass is 226 g/mol. The van der Waals surface area contributed by atoms with Crippen LogP contribution in [0.4, 0.5) is 5.82 Å². The summed E-state index contributed by atoms with van der Waals surface area (Å²) in [6.07, 6.45) is 1.56. The average Bonchev–Trinajstić information content (AvgIpc) is 2.73. The molecule has 0 saturated carbocycles. The van der Waals surface area contributed by atoms with Crippen LogP contribution in [0.1, 0.15) is 0 Å². The van der Waals surface area contributed by atoms with E-state index in [9.17, 15) is 0 Å². The van der Waals surface area contributed by atoms with E-state index in [0.717, 1.165) is 5.75 Å². The van der Waals surface area contributed by atoms with Gasteiger partial charge in [0.15, 0.2) is 5.65 Å². The van der Waals surface area contributed by atoms with Crippen LogP contribution in [0.15, 0.2) is 48.7 Å². The number of aromatic nitrogens is 3. The van der Waals surface area contributed by atoms with Gasteiger partial charge in [0.25, 0.3) is 0 Å². The molecule has 3 rings (SSSR count). The quantitative estimate of drug-likeness (QED) is 0.726. The van der Waals surface area contributed by atoms with Crippen LogP contribution < -0.4 is 10.5 Å². The molecule has 5 heteroatoms. The number of anilines is 1. The van der Waals surface area contributed by atoms with Crippen LogP contribution in [-0.2, 0) is 0 Å². The molecule has 0 bridgehead atoms. The Morgan fingerprint density at radius 3 is 2.71 bits per heavy atom. The standard InChI is InChI=1S/C12H10N4O/c13-10-8-14-11-6-7-12(15-16(10)11)17-9-4-2-1-3-5-9/h1-8H,13H2. The van der Waals surface area contributed by atoms with E-state index < -0.39 is 0 Å². The third kappa shape index (κ3) is 1.78. The molecule has 84 valence electrons. The van der Waals surface area contributed by atoms with Gasteiger partial charge in [-0.3, -0.25) is 0 Å². The first-order valence-corrected chi connectivity index (χ1v) is 5.16. The van der Waals surface area contributed by atoms with Crippen molar-refractivity contribution in [1.82, 2.24) is 14.6 Å². The Hall–Kier alpha value is -2.56. The van der Waals surface area contributed by atoms with Gasteiger partial charge in [0, 0.05) is 6.07 Å². The van der Waals surface area contributed by atoms with E-state index in [4.69, 9.17) is 10.5 Å². The lowest BCUT2D eigenvalue weighted by Crippen LogP contribution is -1.99. The zero-order valence-corrected chi connectivity index (χ0v) is 8.95. The normalized spacial score (nSPS) is 10.6. The summed E-state index contributed by atoms with van der Waals surface area (Å²) in [5.74, 6) is 1.70. The second-order valence-corrected chi connectivity index (χ2v) is 3.54. The van der Waals surface area contributed by atoms with Crippen LogP contribution in [0.25, 0.3) is 5.65 Å². The van der Waals surface area contributed by atoms with Crippen LogP contribution in [0.2, 0.25) is 0 Å². The van der Waals surface area contributed by atoms with Crippen LogP contribution in [-0.4, -0.2) is 14.6 Å². The summed E-state index contributed by atoms with van der Waals surface area (Å²) in [6, 6.07) is 13.0. The van der Waals surface area contributed by atoms with Gasteiger partial charge in [0.1, 0.15) is 11.6 Å². The molecule has 0 saturated heterocycles. The third-order valence-electron chi connectivity index (χ3n) is 2.33. The number of imidazole rings is 1. The van der Waals surface area contributed by atoms with E-state index in [-0.39, 0.29) is 0 Å². The van der Waals surface area contributed by atoms with Gasteiger partial charge in [0.2, 0.25) is 5.88 Å². The molecule has 0 aliphatic heterocycles. The Bertz CT molecular complexity index is 648. The van der Waals surface area contributed by atoms with E-state index >= 15 is 0 Å². The fourth-order valence-corrected chi connectivity index (χ4v) is 1.54. The Labute approximate surface area is 97.5 Å². The molecule has 0 spiro atoms. The van der Waals surface area contributed by atoms with Gasteiger partial charge in [-0.1, -0.05) is 18.2 Å². The summed E-state index contributed by atoms with van der Waals surface area (Å²) >= 11 is 0. The van der Waals surface area contributed by atoms with Gasteiger partial charge in [-0.25, -0.2) is 4.98 Å². The van der Waals surface area contributed by atoms with Crippen molar-refractivity contribution in [3.05, 3.63) is 48.7 Å². The smallest absolute Gasteiger partial charge is 0.237 e. The van der Waals surface area contributed by atoms with Crippen molar-refractivity contribution in [1.29, 1.82) is 0 Å². The highest BCUT2D eigenvalue weighted by molar-refractivity contribution is 5.47. The Kier molecular flexibility index (Phi) is 2.15. The van der Waals surface area contributed by atoms with Gasteiger partial charge < -0.3 is 10.5 Å². The van der Waals surface area contributed by atoms with Crippen LogP contribution in [0.5, 0.6) is 11.6 Å². The summed E-state index contributed by atoms with van der Waals surface area (Å²) in [6.45, 7) is 0. The number of ether oxygens (including phenoxy) is 1. The first kappa shape index (κ1) is 9.65. The molecule has 5 nitrogen and oxygen atoms in total. The van der Waals surface area contributed by atoms with Gasteiger partial charge in [-0.05, 0) is 18.2 Å². The number of nitrogens with zero attached hydrogens (tertiary/aromatic N) is 3. The number of nitrogen functional groups attached to an aromatic ring is 1. The van der Waals surface area contributed by atoms with Crippen molar-refractivity contribution in [2.45, 2.75) is 0 Å². The van der Waals surface area contributed by atoms with E-state index in [1.165, 1.54) is 4.52 Å². The molecule has 3 aromatic rings. The zero-order chi connectivity index (χ0) is 11.7. The molecule has 0 fully saturated rings. The van der Waals surface area contributed by atoms with E-state index in [1.807, 2.05) is 36.4 Å². The van der Waals surface area contributed by atoms with Crippen molar-refractivity contribution < 1.29 is 4.74 Å². The lowest BCUT2D eigenvalue weighted by Gasteiger charge is -2.04. The van der Waals surface area contributed by atoms with Crippen molar-refractivity contribution >= 4 is 11.5 Å². The molecule has 0 radical (unpaired) electrons. The van der Waals surface area contributed by atoms with Crippen molar-refractivity contribution in [3.63, 3.8) is 0 Å². The molecule has 0 aliphatic carbocycles. The number of fused-ring (bicyclic) bond motifs is 1. The third-order valence-corrected chi connectivity index (χ3v) is 2.33. The number of nitrogens with two attached hydrogens (primary N) is 1. The number of benzene rings is 1. The molecule has 2 aromatic heterocycles.